The molecule has 0 aliphatic heterocycles. The molecule has 0 heterocycles. The van der Waals surface area contributed by atoms with Gasteiger partial charge in [-0.15, -0.1) is 24.0 Å². The molecule has 1 aromatic rings. The number of ether oxygens (including phenoxy) is 1. The molecule has 2 N–H and O–H groups in total. The zero-order chi connectivity index (χ0) is 17.2. The number of carbonyl (C=O) groups excluding carboxylic acids is 1. The molecule has 6 nitrogen and oxygen atoms in total. The topological polar surface area (TPSA) is 66.0 Å². The van der Waals surface area contributed by atoms with Gasteiger partial charge in [-0.1, -0.05) is 6.92 Å². The van der Waals surface area contributed by atoms with Crippen LogP contribution in [0.2, 0.25) is 0 Å². The highest BCUT2D eigenvalue weighted by molar-refractivity contribution is 14.0. The standard InChI is InChI=1S/C16H25FN4O2.HI/c1-5-6-18-16(20-11-15(22)21(2)3)19-10-12-7-13(17)9-14(8-12)23-4;/h7-9H,5-6,10-11H2,1-4H3,(H2,18,19,20);1H. The van der Waals surface area contributed by atoms with E-state index in [1.165, 1.54) is 24.1 Å². The fourth-order valence-corrected chi connectivity index (χ4v) is 1.74. The lowest BCUT2D eigenvalue weighted by molar-refractivity contribution is -0.127. The minimum Gasteiger partial charge on any atom is -0.497 e. The molecule has 8 heteroatoms. The summed E-state index contributed by atoms with van der Waals surface area (Å²) in [6.07, 6.45) is 0.927. The van der Waals surface area contributed by atoms with Crippen molar-refractivity contribution in [3.63, 3.8) is 0 Å². The number of aliphatic imine (C=N–C) groups is 1. The van der Waals surface area contributed by atoms with Gasteiger partial charge in [0.25, 0.3) is 0 Å². The Balaban J connectivity index is 0.00000529. The van der Waals surface area contributed by atoms with Crippen LogP contribution in [0, 0.1) is 5.82 Å². The van der Waals surface area contributed by atoms with Crippen LogP contribution in [0.25, 0.3) is 0 Å². The lowest BCUT2D eigenvalue weighted by Gasteiger charge is -2.14. The number of methoxy groups -OCH3 is 1. The Morgan fingerprint density at radius 3 is 2.58 bits per heavy atom. The van der Waals surface area contributed by atoms with Crippen LogP contribution in [0.5, 0.6) is 5.75 Å². The Bertz CT molecular complexity index is 553. The van der Waals surface area contributed by atoms with Crippen molar-refractivity contribution in [3.05, 3.63) is 29.6 Å². The van der Waals surface area contributed by atoms with Gasteiger partial charge in [0, 0.05) is 26.7 Å². The summed E-state index contributed by atoms with van der Waals surface area (Å²) in [6, 6.07) is 4.46. The minimum absolute atomic E-state index is 0. The van der Waals surface area contributed by atoms with Crippen molar-refractivity contribution in [2.75, 3.05) is 34.3 Å². The number of likely N-dealkylation sites (N-methyl/N-ethyl adjacent to an activating group) is 1. The Kier molecular flexibility index (Phi) is 11.1. The number of halogens is 2. The molecule has 0 aromatic heterocycles. The van der Waals surface area contributed by atoms with Crippen molar-refractivity contribution in [2.45, 2.75) is 19.9 Å². The molecular weight excluding hydrogens is 426 g/mol. The highest BCUT2D eigenvalue weighted by Crippen LogP contribution is 2.16. The van der Waals surface area contributed by atoms with Crippen LogP contribution < -0.4 is 15.4 Å². The van der Waals surface area contributed by atoms with Crippen LogP contribution >= 0.6 is 24.0 Å². The molecule has 0 unspecified atom stereocenters. The van der Waals surface area contributed by atoms with Gasteiger partial charge >= 0.3 is 0 Å². The highest BCUT2D eigenvalue weighted by atomic mass is 127. The normalized spacial score (nSPS) is 10.6. The molecule has 0 aliphatic rings. The maximum absolute atomic E-state index is 13.5. The molecule has 0 spiro atoms. The van der Waals surface area contributed by atoms with Gasteiger partial charge in [-0.3, -0.25) is 4.79 Å². The van der Waals surface area contributed by atoms with Gasteiger partial charge in [0.05, 0.1) is 20.2 Å². The third-order valence-corrected chi connectivity index (χ3v) is 3.03. The second kappa shape index (κ2) is 11.9. The third kappa shape index (κ3) is 8.32. The SMILES string of the molecule is CCCNC(=NCc1cc(F)cc(OC)c1)NCC(=O)N(C)C.I. The van der Waals surface area contributed by atoms with Crippen LogP contribution in [0.4, 0.5) is 4.39 Å². The number of nitrogens with zero attached hydrogens (tertiary/aromatic N) is 2. The van der Waals surface area contributed by atoms with Crippen LogP contribution in [0.1, 0.15) is 18.9 Å². The summed E-state index contributed by atoms with van der Waals surface area (Å²) >= 11 is 0. The predicted molar refractivity (Wildman–Crippen MR) is 104 cm³/mol. The zero-order valence-electron chi connectivity index (χ0n) is 14.6. The van der Waals surface area contributed by atoms with E-state index >= 15 is 0 Å². The summed E-state index contributed by atoms with van der Waals surface area (Å²) in [5, 5.41) is 6.09. The summed E-state index contributed by atoms with van der Waals surface area (Å²) in [6.45, 7) is 3.19. The maximum atomic E-state index is 13.5. The van der Waals surface area contributed by atoms with Crippen molar-refractivity contribution >= 4 is 35.8 Å². The van der Waals surface area contributed by atoms with Gasteiger partial charge < -0.3 is 20.3 Å². The summed E-state index contributed by atoms with van der Waals surface area (Å²) in [5.74, 6) is 0.552. The first-order chi connectivity index (χ1) is 11.0. The zero-order valence-corrected chi connectivity index (χ0v) is 16.9. The van der Waals surface area contributed by atoms with Crippen molar-refractivity contribution in [2.24, 2.45) is 4.99 Å². The third-order valence-electron chi connectivity index (χ3n) is 3.03. The molecule has 0 saturated heterocycles. The van der Waals surface area contributed by atoms with E-state index in [2.05, 4.69) is 15.6 Å². The van der Waals surface area contributed by atoms with Crippen molar-refractivity contribution < 1.29 is 13.9 Å². The smallest absolute Gasteiger partial charge is 0.241 e. The van der Waals surface area contributed by atoms with Crippen LogP contribution in [-0.4, -0.2) is 51.1 Å². The lowest BCUT2D eigenvalue weighted by Crippen LogP contribution is -2.43. The largest absolute Gasteiger partial charge is 0.497 e. The fourth-order valence-electron chi connectivity index (χ4n) is 1.74. The van der Waals surface area contributed by atoms with E-state index in [-0.39, 0.29) is 48.8 Å². The van der Waals surface area contributed by atoms with Crippen LogP contribution in [0.3, 0.4) is 0 Å². The Hall–Kier alpha value is -1.58. The van der Waals surface area contributed by atoms with Crippen molar-refractivity contribution in [1.82, 2.24) is 15.5 Å². The van der Waals surface area contributed by atoms with Gasteiger partial charge in [0.2, 0.25) is 5.91 Å². The summed E-state index contributed by atoms with van der Waals surface area (Å²) in [7, 11) is 4.88. The Labute approximate surface area is 159 Å². The second-order valence-electron chi connectivity index (χ2n) is 5.23. The molecule has 24 heavy (non-hydrogen) atoms. The molecule has 136 valence electrons. The number of hydrogen-bond donors (Lipinski definition) is 2. The molecule has 0 bridgehead atoms. The number of hydrogen-bond acceptors (Lipinski definition) is 3. The Morgan fingerprint density at radius 2 is 2.00 bits per heavy atom. The summed E-state index contributed by atoms with van der Waals surface area (Å²) in [5.41, 5.74) is 0.693. The van der Waals surface area contributed by atoms with Crippen LogP contribution in [-0.2, 0) is 11.3 Å². The minimum atomic E-state index is -0.367. The summed E-state index contributed by atoms with van der Waals surface area (Å²) < 4.78 is 18.5. The number of amides is 1. The molecule has 1 amide bonds. The molecule has 0 atom stereocenters. The summed E-state index contributed by atoms with van der Waals surface area (Å²) in [4.78, 5) is 17.5. The van der Waals surface area contributed by atoms with E-state index in [1.54, 1.807) is 20.2 Å². The number of benzene rings is 1. The quantitative estimate of drug-likeness (QED) is 0.378. The molecule has 0 radical (unpaired) electrons. The van der Waals surface area contributed by atoms with Gasteiger partial charge in [-0.2, -0.15) is 0 Å². The molecule has 0 fully saturated rings. The maximum Gasteiger partial charge on any atom is 0.241 e. The van der Waals surface area contributed by atoms with E-state index in [0.29, 0.717) is 17.3 Å². The Morgan fingerprint density at radius 1 is 1.29 bits per heavy atom. The fraction of sp³-hybridized carbons (Fsp3) is 0.500. The molecule has 0 saturated carbocycles. The van der Waals surface area contributed by atoms with Gasteiger partial charge in [-0.05, 0) is 24.1 Å². The van der Waals surface area contributed by atoms with Crippen molar-refractivity contribution in [3.8, 4) is 5.75 Å². The van der Waals surface area contributed by atoms with E-state index < -0.39 is 0 Å². The van der Waals surface area contributed by atoms with Crippen LogP contribution in [0.15, 0.2) is 23.2 Å². The number of guanidine groups is 1. The van der Waals surface area contributed by atoms with Gasteiger partial charge in [0.15, 0.2) is 5.96 Å². The first-order valence-corrected chi connectivity index (χ1v) is 7.52. The number of rotatable bonds is 7. The first kappa shape index (κ1) is 22.4. The van der Waals surface area contributed by atoms with E-state index in [9.17, 15) is 9.18 Å². The molecule has 0 aliphatic carbocycles. The number of nitrogens with one attached hydrogen (secondary N) is 2. The average molecular weight is 452 g/mol. The molecule has 1 aromatic carbocycles. The van der Waals surface area contributed by atoms with E-state index in [0.717, 1.165) is 13.0 Å². The number of carbonyl (C=O) groups is 1. The van der Waals surface area contributed by atoms with Gasteiger partial charge in [-0.25, -0.2) is 9.38 Å². The second-order valence-corrected chi connectivity index (χ2v) is 5.23. The van der Waals surface area contributed by atoms with E-state index in [1.807, 2.05) is 6.92 Å². The highest BCUT2D eigenvalue weighted by Gasteiger charge is 2.06. The molecule has 1 rings (SSSR count). The van der Waals surface area contributed by atoms with Crippen molar-refractivity contribution in [1.29, 1.82) is 0 Å². The van der Waals surface area contributed by atoms with E-state index in [4.69, 9.17) is 4.74 Å². The monoisotopic (exact) mass is 452 g/mol. The lowest BCUT2D eigenvalue weighted by atomic mass is 10.2. The molecular formula is C16H26FIN4O2. The van der Waals surface area contributed by atoms with Gasteiger partial charge in [0.1, 0.15) is 11.6 Å². The first-order valence-electron chi connectivity index (χ1n) is 7.52. The average Bonchev–Trinajstić information content (AvgIpc) is 2.53. The predicted octanol–water partition coefficient (Wildman–Crippen LogP) is 1.99.